The summed E-state index contributed by atoms with van der Waals surface area (Å²) in [5.74, 6) is -0.900. The van der Waals surface area contributed by atoms with Gasteiger partial charge in [0.05, 0.1) is 6.61 Å². The van der Waals surface area contributed by atoms with Crippen LogP contribution in [0.15, 0.2) is 24.3 Å². The molecular formula is C41H76NaO9P. The maximum Gasteiger partial charge on any atom is 1.00 e. The molecule has 0 amide bonds. The Labute approximate surface area is 340 Å². The fourth-order valence-corrected chi connectivity index (χ4v) is 6.40. The van der Waals surface area contributed by atoms with E-state index in [-0.39, 0.29) is 49.0 Å². The second-order valence-corrected chi connectivity index (χ2v) is 15.2. The molecule has 0 aliphatic rings. The third-order valence-electron chi connectivity index (χ3n) is 8.78. The number of hydrogen-bond donors (Lipinski definition) is 1. The van der Waals surface area contributed by atoms with Gasteiger partial charge in [-0.1, -0.05) is 141 Å². The summed E-state index contributed by atoms with van der Waals surface area (Å²) >= 11 is 0. The van der Waals surface area contributed by atoms with Crippen LogP contribution in [-0.4, -0.2) is 49.4 Å². The third kappa shape index (κ3) is 40.7. The van der Waals surface area contributed by atoms with Crippen molar-refractivity contribution < 1.29 is 72.2 Å². The maximum absolute atomic E-state index is 12.5. The average Bonchev–Trinajstić information content (AvgIpc) is 3.11. The van der Waals surface area contributed by atoms with Crippen molar-refractivity contribution in [1.29, 1.82) is 0 Å². The van der Waals surface area contributed by atoms with E-state index in [0.717, 1.165) is 64.2 Å². The number of rotatable bonds is 39. The molecule has 0 rings (SSSR count). The molecule has 0 radical (unpaired) electrons. The van der Waals surface area contributed by atoms with Crippen LogP contribution in [0.5, 0.6) is 0 Å². The van der Waals surface area contributed by atoms with Crippen LogP contribution in [0, 0.1) is 0 Å². The zero-order chi connectivity index (χ0) is 37.5. The van der Waals surface area contributed by atoms with Crippen LogP contribution >= 0.6 is 7.82 Å². The second kappa shape index (κ2) is 41.6. The first-order chi connectivity index (χ1) is 24.8. The van der Waals surface area contributed by atoms with E-state index in [2.05, 4.69) is 42.7 Å². The molecule has 0 saturated heterocycles. The molecule has 1 unspecified atom stereocenters. The van der Waals surface area contributed by atoms with E-state index in [0.29, 0.717) is 12.8 Å². The normalized spacial score (nSPS) is 13.3. The van der Waals surface area contributed by atoms with Crippen molar-refractivity contribution in [2.24, 2.45) is 0 Å². The molecule has 0 aromatic carbocycles. The Morgan fingerprint density at radius 3 is 1.38 bits per heavy atom. The van der Waals surface area contributed by atoms with E-state index >= 15 is 0 Å². The molecule has 11 heteroatoms. The Morgan fingerprint density at radius 2 is 0.962 bits per heavy atom. The number of esters is 2. The number of carbonyl (C=O) groups is 2. The minimum Gasteiger partial charge on any atom is -0.853 e. The summed E-state index contributed by atoms with van der Waals surface area (Å²) in [6.07, 6.45) is 38.8. The average molecular weight is 767 g/mol. The number of phosphoric ester groups is 1. The molecule has 2 atom stereocenters. The SMILES string of the molecule is CCCCCCCC/C=C\CCCCCCCC(=O)OC[C@H](COP(=O)(O)OCC[O-])OC(=O)CCCCCCC/C=C\CCCCCCCC.[Na+]. The third-order valence-corrected chi connectivity index (χ3v) is 9.76. The number of allylic oxidation sites excluding steroid dienone is 4. The summed E-state index contributed by atoms with van der Waals surface area (Å²) in [5.41, 5.74) is 0. The molecule has 1 N–H and O–H groups in total. The first-order valence-electron chi connectivity index (χ1n) is 20.7. The van der Waals surface area contributed by atoms with Gasteiger partial charge in [0.15, 0.2) is 6.10 Å². The Balaban J connectivity index is 0. The van der Waals surface area contributed by atoms with Crippen molar-refractivity contribution in [2.45, 2.75) is 200 Å². The van der Waals surface area contributed by atoms with E-state index in [4.69, 9.17) is 14.0 Å². The molecule has 52 heavy (non-hydrogen) atoms. The number of ether oxygens (including phenoxy) is 2. The van der Waals surface area contributed by atoms with Crippen LogP contribution in [0.25, 0.3) is 0 Å². The summed E-state index contributed by atoms with van der Waals surface area (Å²) in [7, 11) is -4.49. The fraction of sp³-hybridized carbons (Fsp3) is 0.854. The molecule has 0 aliphatic carbocycles. The summed E-state index contributed by atoms with van der Waals surface area (Å²) in [5, 5.41) is 10.6. The Morgan fingerprint density at radius 1 is 0.577 bits per heavy atom. The Hall–Kier alpha value is -0.510. The Kier molecular flexibility index (Phi) is 42.9. The van der Waals surface area contributed by atoms with Crippen LogP contribution in [0.1, 0.15) is 194 Å². The quantitative estimate of drug-likeness (QED) is 0.0217. The maximum atomic E-state index is 12.5. The molecule has 0 aliphatic heterocycles. The summed E-state index contributed by atoms with van der Waals surface area (Å²) < 4.78 is 32.3. The van der Waals surface area contributed by atoms with Gasteiger partial charge in [0.2, 0.25) is 0 Å². The van der Waals surface area contributed by atoms with Crippen molar-refractivity contribution in [3.05, 3.63) is 24.3 Å². The van der Waals surface area contributed by atoms with Gasteiger partial charge < -0.3 is 19.5 Å². The fourth-order valence-electron chi connectivity index (χ4n) is 5.67. The molecule has 0 spiro atoms. The van der Waals surface area contributed by atoms with Crippen molar-refractivity contribution in [2.75, 3.05) is 26.4 Å². The smallest absolute Gasteiger partial charge is 0.853 e. The molecule has 0 aromatic rings. The van der Waals surface area contributed by atoms with Gasteiger partial charge in [-0.2, -0.15) is 0 Å². The summed E-state index contributed by atoms with van der Waals surface area (Å²) in [4.78, 5) is 34.7. The molecular weight excluding hydrogens is 690 g/mol. The van der Waals surface area contributed by atoms with Crippen LogP contribution in [0.2, 0.25) is 0 Å². The van der Waals surface area contributed by atoms with Crippen molar-refractivity contribution in [1.82, 2.24) is 0 Å². The van der Waals surface area contributed by atoms with Gasteiger partial charge in [-0.15, -0.1) is 6.61 Å². The van der Waals surface area contributed by atoms with Gasteiger partial charge in [0.1, 0.15) is 6.61 Å². The number of hydrogen-bond acceptors (Lipinski definition) is 8. The van der Waals surface area contributed by atoms with Gasteiger partial charge in [0, 0.05) is 19.4 Å². The number of phosphoric acid groups is 1. The zero-order valence-corrected chi connectivity index (χ0v) is 36.6. The van der Waals surface area contributed by atoms with Crippen LogP contribution in [0.4, 0.5) is 0 Å². The number of unbranched alkanes of at least 4 members (excludes halogenated alkanes) is 22. The largest absolute Gasteiger partial charge is 1.00 e. The van der Waals surface area contributed by atoms with E-state index in [1.54, 1.807) is 0 Å². The van der Waals surface area contributed by atoms with Gasteiger partial charge in [0.25, 0.3) is 0 Å². The molecule has 0 heterocycles. The molecule has 9 nitrogen and oxygen atoms in total. The van der Waals surface area contributed by atoms with E-state index < -0.39 is 45.7 Å². The molecule has 300 valence electrons. The molecule has 0 aromatic heterocycles. The van der Waals surface area contributed by atoms with Crippen molar-refractivity contribution in [3.8, 4) is 0 Å². The van der Waals surface area contributed by atoms with Crippen LogP contribution < -0.4 is 34.7 Å². The molecule has 0 fully saturated rings. The summed E-state index contributed by atoms with van der Waals surface area (Å²) in [6.45, 7) is 2.52. The van der Waals surface area contributed by atoms with E-state index in [1.165, 1.54) is 89.9 Å². The Bertz CT molecular complexity index is 899. The van der Waals surface area contributed by atoms with Gasteiger partial charge in [-0.25, -0.2) is 4.57 Å². The van der Waals surface area contributed by atoms with Crippen molar-refractivity contribution >= 4 is 19.8 Å². The topological polar surface area (TPSA) is 131 Å². The van der Waals surface area contributed by atoms with Gasteiger partial charge >= 0.3 is 49.3 Å². The van der Waals surface area contributed by atoms with Crippen molar-refractivity contribution in [3.63, 3.8) is 0 Å². The van der Waals surface area contributed by atoms with Gasteiger partial charge in [-0.3, -0.25) is 18.6 Å². The van der Waals surface area contributed by atoms with E-state index in [9.17, 15) is 24.2 Å². The predicted octanol–water partition coefficient (Wildman–Crippen LogP) is 8.01. The second-order valence-electron chi connectivity index (χ2n) is 13.8. The zero-order valence-electron chi connectivity index (χ0n) is 33.7. The molecule has 0 bridgehead atoms. The standard InChI is InChI=1S/C41H76O9P.Na/c1-3-5-7-9-11-13-15-17-19-21-23-25-27-29-31-33-40(43)47-37-39(38-49-51(45,46)48-36-35-42)50-41(44)34-32-30-28-26-24-22-20-18-16-14-12-10-8-6-4-2;/h17-20,39H,3-16,21-38H2,1-2H3,(H,45,46);/q-1;+1/b19-17-,20-18-;/t39-;/m1./s1. The minimum atomic E-state index is -4.49. The van der Waals surface area contributed by atoms with E-state index in [1.807, 2.05) is 0 Å². The predicted molar refractivity (Wildman–Crippen MR) is 206 cm³/mol. The first kappa shape index (κ1) is 53.6. The monoisotopic (exact) mass is 767 g/mol. The number of carbonyl (C=O) groups excluding carboxylic acids is 2. The van der Waals surface area contributed by atoms with Crippen LogP contribution in [0.3, 0.4) is 0 Å². The molecule has 0 saturated carbocycles. The van der Waals surface area contributed by atoms with Crippen LogP contribution in [-0.2, 0) is 32.7 Å². The first-order valence-corrected chi connectivity index (χ1v) is 22.2. The summed E-state index contributed by atoms with van der Waals surface area (Å²) in [6, 6.07) is 0. The van der Waals surface area contributed by atoms with Gasteiger partial charge in [-0.05, 0) is 64.2 Å². The minimum absolute atomic E-state index is 0.